The van der Waals surface area contributed by atoms with E-state index in [0.29, 0.717) is 19.4 Å². The minimum absolute atomic E-state index is 0.0941. The molecule has 0 atom stereocenters. The maximum absolute atomic E-state index is 13.0. The molecule has 2 N–H and O–H groups in total. The number of halogens is 1. The van der Waals surface area contributed by atoms with Gasteiger partial charge in [-0.1, -0.05) is 42.7 Å². The van der Waals surface area contributed by atoms with Crippen molar-refractivity contribution in [2.24, 2.45) is 5.41 Å². The zero-order valence-electron chi connectivity index (χ0n) is 15.6. The monoisotopic (exact) mass is 368 g/mol. The first-order valence-electron chi connectivity index (χ1n) is 9.36. The number of anilines is 1. The van der Waals surface area contributed by atoms with Gasteiger partial charge in [0.1, 0.15) is 5.82 Å². The first kappa shape index (κ1) is 19.1. The molecule has 0 aliphatic heterocycles. The summed E-state index contributed by atoms with van der Waals surface area (Å²) in [4.78, 5) is 25.4. The van der Waals surface area contributed by atoms with Crippen LogP contribution < -0.4 is 10.6 Å². The Kier molecular flexibility index (Phi) is 5.89. The number of hydrogen-bond donors (Lipinski definition) is 2. The molecule has 1 aliphatic rings. The first-order chi connectivity index (χ1) is 13.0. The lowest BCUT2D eigenvalue weighted by Crippen LogP contribution is -2.41. The minimum atomic E-state index is -0.658. The van der Waals surface area contributed by atoms with Crippen molar-refractivity contribution in [2.75, 3.05) is 5.32 Å². The van der Waals surface area contributed by atoms with Crippen molar-refractivity contribution in [3.63, 3.8) is 0 Å². The minimum Gasteiger partial charge on any atom is -0.352 e. The largest absolute Gasteiger partial charge is 0.352 e. The van der Waals surface area contributed by atoms with Crippen LogP contribution in [0.5, 0.6) is 0 Å². The molecule has 1 saturated carbocycles. The predicted molar refractivity (Wildman–Crippen MR) is 104 cm³/mol. The predicted octanol–water partition coefficient (Wildman–Crippen LogP) is 4.34. The zero-order chi connectivity index (χ0) is 19.3. The van der Waals surface area contributed by atoms with Crippen LogP contribution in [-0.4, -0.2) is 11.8 Å². The van der Waals surface area contributed by atoms with E-state index < -0.39 is 5.41 Å². The van der Waals surface area contributed by atoms with Crippen LogP contribution in [0, 0.1) is 18.2 Å². The first-order valence-corrected chi connectivity index (χ1v) is 9.36. The van der Waals surface area contributed by atoms with Crippen LogP contribution in [0.25, 0.3) is 0 Å². The summed E-state index contributed by atoms with van der Waals surface area (Å²) in [5, 5.41) is 5.83. The van der Waals surface area contributed by atoms with Gasteiger partial charge in [-0.05, 0) is 49.6 Å². The summed E-state index contributed by atoms with van der Waals surface area (Å²) in [6.45, 7) is 2.32. The Bertz CT molecular complexity index is 794. The van der Waals surface area contributed by atoms with E-state index in [2.05, 4.69) is 10.6 Å². The van der Waals surface area contributed by atoms with Crippen LogP contribution in [0.2, 0.25) is 0 Å². The molecule has 0 aromatic heterocycles. The van der Waals surface area contributed by atoms with Crippen LogP contribution >= 0.6 is 0 Å². The molecule has 2 amide bonds. The van der Waals surface area contributed by atoms with Crippen molar-refractivity contribution in [3.8, 4) is 0 Å². The average molecular weight is 368 g/mol. The molecule has 27 heavy (non-hydrogen) atoms. The Morgan fingerprint density at radius 3 is 2.26 bits per heavy atom. The van der Waals surface area contributed by atoms with Gasteiger partial charge in [-0.2, -0.15) is 0 Å². The topological polar surface area (TPSA) is 58.2 Å². The van der Waals surface area contributed by atoms with Crippen molar-refractivity contribution < 1.29 is 14.0 Å². The molecule has 1 fully saturated rings. The van der Waals surface area contributed by atoms with Crippen molar-refractivity contribution in [1.82, 2.24) is 5.32 Å². The molecule has 2 aromatic rings. The maximum atomic E-state index is 13.0. The number of nitrogens with one attached hydrogen (secondary N) is 2. The summed E-state index contributed by atoms with van der Waals surface area (Å²) in [5.41, 5.74) is 2.04. The number of rotatable bonds is 6. The smallest absolute Gasteiger partial charge is 0.227 e. The summed E-state index contributed by atoms with van der Waals surface area (Å²) in [7, 11) is 0. The second-order valence-corrected chi connectivity index (χ2v) is 7.39. The molecule has 0 spiro atoms. The molecule has 4 nitrogen and oxygen atoms in total. The Balaban J connectivity index is 1.61. The quantitative estimate of drug-likeness (QED) is 0.797. The van der Waals surface area contributed by atoms with Gasteiger partial charge in [0.25, 0.3) is 0 Å². The second kappa shape index (κ2) is 8.33. The number of carbonyl (C=O) groups excluding carboxylic acids is 2. The summed E-state index contributed by atoms with van der Waals surface area (Å²) in [6.07, 6.45) is 3.49. The standard InChI is InChI=1S/C22H25FN2O2/c1-16-4-10-19(11-5-16)25-20(26)14-22(12-2-3-13-22)21(27)24-15-17-6-8-18(23)9-7-17/h4-11H,2-3,12-15H2,1H3,(H,24,27)(H,25,26). The van der Waals surface area contributed by atoms with Gasteiger partial charge in [-0.25, -0.2) is 4.39 Å². The maximum Gasteiger partial charge on any atom is 0.227 e. The van der Waals surface area contributed by atoms with E-state index in [0.717, 1.165) is 29.7 Å². The van der Waals surface area contributed by atoms with E-state index in [-0.39, 0.29) is 24.1 Å². The van der Waals surface area contributed by atoms with E-state index in [1.54, 1.807) is 12.1 Å². The summed E-state index contributed by atoms with van der Waals surface area (Å²) < 4.78 is 13.0. The highest BCUT2D eigenvalue weighted by atomic mass is 19.1. The summed E-state index contributed by atoms with van der Waals surface area (Å²) >= 11 is 0. The third kappa shape index (κ3) is 4.94. The SMILES string of the molecule is Cc1ccc(NC(=O)CC2(C(=O)NCc3ccc(F)cc3)CCCC2)cc1. The normalized spacial score (nSPS) is 15.3. The molecule has 5 heteroatoms. The molecule has 142 valence electrons. The molecule has 0 saturated heterocycles. The third-order valence-corrected chi connectivity index (χ3v) is 5.24. The highest BCUT2D eigenvalue weighted by molar-refractivity contribution is 5.95. The highest BCUT2D eigenvalue weighted by Gasteiger charge is 2.42. The van der Waals surface area contributed by atoms with E-state index in [1.807, 2.05) is 31.2 Å². The Morgan fingerprint density at radius 2 is 1.63 bits per heavy atom. The fraction of sp³-hybridized carbons (Fsp3) is 0.364. The number of benzene rings is 2. The van der Waals surface area contributed by atoms with Crippen LogP contribution in [-0.2, 0) is 16.1 Å². The second-order valence-electron chi connectivity index (χ2n) is 7.39. The van der Waals surface area contributed by atoms with Gasteiger partial charge in [-0.3, -0.25) is 9.59 Å². The molecule has 3 rings (SSSR count). The Hall–Kier alpha value is -2.69. The van der Waals surface area contributed by atoms with E-state index in [9.17, 15) is 14.0 Å². The molecule has 0 bridgehead atoms. The third-order valence-electron chi connectivity index (χ3n) is 5.24. The number of aryl methyl sites for hydroxylation is 1. The van der Waals surface area contributed by atoms with Gasteiger partial charge in [-0.15, -0.1) is 0 Å². The van der Waals surface area contributed by atoms with Crippen LogP contribution in [0.4, 0.5) is 10.1 Å². The Morgan fingerprint density at radius 1 is 1.00 bits per heavy atom. The Labute approximate surface area is 159 Å². The average Bonchev–Trinajstić information content (AvgIpc) is 3.12. The van der Waals surface area contributed by atoms with Gasteiger partial charge in [0, 0.05) is 18.7 Å². The lowest BCUT2D eigenvalue weighted by molar-refractivity contribution is -0.135. The summed E-state index contributed by atoms with van der Waals surface area (Å²) in [5.74, 6) is -0.536. The van der Waals surface area contributed by atoms with Gasteiger partial charge >= 0.3 is 0 Å². The van der Waals surface area contributed by atoms with Gasteiger partial charge < -0.3 is 10.6 Å². The van der Waals surface area contributed by atoms with Crippen molar-refractivity contribution in [1.29, 1.82) is 0 Å². The van der Waals surface area contributed by atoms with Crippen LogP contribution in [0.1, 0.15) is 43.2 Å². The van der Waals surface area contributed by atoms with Crippen molar-refractivity contribution >= 4 is 17.5 Å². The molecule has 1 aliphatic carbocycles. The molecule has 0 unspecified atom stereocenters. The van der Waals surface area contributed by atoms with E-state index in [4.69, 9.17) is 0 Å². The molecular weight excluding hydrogens is 343 g/mol. The summed E-state index contributed by atoms with van der Waals surface area (Å²) in [6, 6.07) is 13.7. The molecule has 2 aromatic carbocycles. The van der Waals surface area contributed by atoms with Gasteiger partial charge in [0.15, 0.2) is 0 Å². The van der Waals surface area contributed by atoms with E-state index in [1.165, 1.54) is 12.1 Å². The van der Waals surface area contributed by atoms with Crippen LogP contribution in [0.3, 0.4) is 0 Å². The number of hydrogen-bond acceptors (Lipinski definition) is 2. The highest BCUT2D eigenvalue weighted by Crippen LogP contribution is 2.41. The lowest BCUT2D eigenvalue weighted by atomic mass is 9.81. The number of amides is 2. The fourth-order valence-corrected chi connectivity index (χ4v) is 3.66. The van der Waals surface area contributed by atoms with Crippen LogP contribution in [0.15, 0.2) is 48.5 Å². The van der Waals surface area contributed by atoms with Crippen molar-refractivity contribution in [2.45, 2.75) is 45.6 Å². The van der Waals surface area contributed by atoms with Crippen molar-refractivity contribution in [3.05, 3.63) is 65.5 Å². The molecule has 0 heterocycles. The zero-order valence-corrected chi connectivity index (χ0v) is 15.6. The van der Waals surface area contributed by atoms with Gasteiger partial charge in [0.05, 0.1) is 5.41 Å². The lowest BCUT2D eigenvalue weighted by Gasteiger charge is -2.27. The van der Waals surface area contributed by atoms with E-state index >= 15 is 0 Å². The fourth-order valence-electron chi connectivity index (χ4n) is 3.66. The molecular formula is C22H25FN2O2. The number of carbonyl (C=O) groups is 2. The molecule has 0 radical (unpaired) electrons. The van der Waals surface area contributed by atoms with Gasteiger partial charge in [0.2, 0.25) is 11.8 Å².